The Morgan fingerprint density at radius 1 is 1.26 bits per heavy atom. The van der Waals surface area contributed by atoms with Gasteiger partial charge in [-0.1, -0.05) is 20.3 Å². The molecule has 1 saturated heterocycles. The van der Waals surface area contributed by atoms with Crippen LogP contribution >= 0.6 is 11.8 Å². The lowest BCUT2D eigenvalue weighted by Crippen LogP contribution is -2.38. The van der Waals surface area contributed by atoms with Gasteiger partial charge in [-0.15, -0.1) is 0 Å². The van der Waals surface area contributed by atoms with Gasteiger partial charge in [0, 0.05) is 26.6 Å². The fraction of sp³-hybridized carbons (Fsp3) is 0.933. The van der Waals surface area contributed by atoms with Crippen LogP contribution in [0.15, 0.2) is 0 Å². The molecule has 0 radical (unpaired) electrons. The van der Waals surface area contributed by atoms with Crippen LogP contribution in [0.3, 0.4) is 0 Å². The number of rotatable bonds is 8. The molecule has 0 aromatic rings. The molecular formula is C15H30N2OS. The molecule has 0 aliphatic carbocycles. The molecule has 0 aromatic heterocycles. The molecule has 0 aromatic carbocycles. The van der Waals surface area contributed by atoms with E-state index in [1.807, 2.05) is 23.7 Å². The van der Waals surface area contributed by atoms with E-state index in [1.165, 1.54) is 32.4 Å². The van der Waals surface area contributed by atoms with Crippen LogP contribution < -0.4 is 0 Å². The van der Waals surface area contributed by atoms with Crippen LogP contribution in [0.1, 0.15) is 46.0 Å². The number of hydrogen-bond donors (Lipinski definition) is 0. The van der Waals surface area contributed by atoms with Crippen molar-refractivity contribution in [1.29, 1.82) is 0 Å². The zero-order valence-electron chi connectivity index (χ0n) is 12.9. The van der Waals surface area contributed by atoms with Crippen LogP contribution in [-0.2, 0) is 4.79 Å². The maximum atomic E-state index is 12.0. The third kappa shape index (κ3) is 7.83. The van der Waals surface area contributed by atoms with Gasteiger partial charge in [-0.3, -0.25) is 4.79 Å². The monoisotopic (exact) mass is 286 g/mol. The highest BCUT2D eigenvalue weighted by Gasteiger charge is 2.13. The highest BCUT2D eigenvalue weighted by Crippen LogP contribution is 2.12. The van der Waals surface area contributed by atoms with Crippen molar-refractivity contribution in [3.05, 3.63) is 0 Å². The number of carbonyl (C=O) groups excluding carboxylic acids is 1. The van der Waals surface area contributed by atoms with Gasteiger partial charge in [-0.05, 0) is 43.4 Å². The first-order valence-corrected chi connectivity index (χ1v) is 8.72. The van der Waals surface area contributed by atoms with E-state index in [4.69, 9.17) is 0 Å². The van der Waals surface area contributed by atoms with Crippen LogP contribution in [0.25, 0.3) is 0 Å². The molecule has 4 heteroatoms. The molecule has 3 nitrogen and oxygen atoms in total. The molecule has 0 saturated carbocycles. The first kappa shape index (κ1) is 16.8. The second-order valence-corrected chi connectivity index (χ2v) is 7.43. The van der Waals surface area contributed by atoms with E-state index >= 15 is 0 Å². The minimum atomic E-state index is 0.307. The molecule has 0 spiro atoms. The van der Waals surface area contributed by atoms with Crippen LogP contribution in [0, 0.1) is 0 Å². The van der Waals surface area contributed by atoms with Gasteiger partial charge < -0.3 is 9.80 Å². The van der Waals surface area contributed by atoms with Gasteiger partial charge in [0.25, 0.3) is 0 Å². The van der Waals surface area contributed by atoms with E-state index in [0.29, 0.717) is 17.6 Å². The van der Waals surface area contributed by atoms with Gasteiger partial charge in [0.1, 0.15) is 0 Å². The van der Waals surface area contributed by atoms with E-state index in [2.05, 4.69) is 18.7 Å². The molecular weight excluding hydrogens is 256 g/mol. The van der Waals surface area contributed by atoms with Gasteiger partial charge in [-0.25, -0.2) is 0 Å². The van der Waals surface area contributed by atoms with Crippen LogP contribution in [0.5, 0.6) is 0 Å². The molecule has 0 atom stereocenters. The molecule has 1 aliphatic rings. The van der Waals surface area contributed by atoms with Gasteiger partial charge >= 0.3 is 0 Å². The molecule has 1 heterocycles. The minimum Gasteiger partial charge on any atom is -0.344 e. The second-order valence-electron chi connectivity index (χ2n) is 5.74. The van der Waals surface area contributed by atoms with Crippen LogP contribution in [-0.4, -0.2) is 59.9 Å². The van der Waals surface area contributed by atoms with E-state index in [-0.39, 0.29) is 0 Å². The van der Waals surface area contributed by atoms with E-state index < -0.39 is 0 Å². The summed E-state index contributed by atoms with van der Waals surface area (Å²) in [6.45, 7) is 8.77. The fourth-order valence-corrected chi connectivity index (χ4v) is 3.11. The van der Waals surface area contributed by atoms with Crippen molar-refractivity contribution in [3.8, 4) is 0 Å². The Kier molecular flexibility index (Phi) is 8.55. The van der Waals surface area contributed by atoms with Crippen molar-refractivity contribution >= 4 is 17.7 Å². The average molecular weight is 286 g/mol. The summed E-state index contributed by atoms with van der Waals surface area (Å²) in [5.74, 6) is 1.41. The van der Waals surface area contributed by atoms with E-state index in [9.17, 15) is 4.79 Å². The minimum absolute atomic E-state index is 0.307. The predicted octanol–water partition coefficient (Wildman–Crippen LogP) is 2.85. The average Bonchev–Trinajstić information content (AvgIpc) is 2.41. The topological polar surface area (TPSA) is 23.6 Å². The summed E-state index contributed by atoms with van der Waals surface area (Å²) in [6.07, 6.45) is 5.74. The molecule has 0 unspecified atom stereocenters. The standard InChI is InChI=1S/C15H30N2OS/c1-14(2)19-13-7-8-15(18)16(3)11-12-17-9-5-4-6-10-17/h14H,4-13H2,1-3H3. The number of hydrogen-bond acceptors (Lipinski definition) is 3. The Labute approximate surface area is 123 Å². The quantitative estimate of drug-likeness (QED) is 0.641. The zero-order chi connectivity index (χ0) is 14.1. The third-order valence-corrected chi connectivity index (χ3v) is 4.80. The number of likely N-dealkylation sites (tertiary alicyclic amines) is 1. The fourth-order valence-electron chi connectivity index (χ4n) is 2.33. The summed E-state index contributed by atoms with van der Waals surface area (Å²) in [4.78, 5) is 16.4. The van der Waals surface area contributed by atoms with Gasteiger partial charge in [0.2, 0.25) is 5.91 Å². The Balaban J connectivity index is 2.07. The zero-order valence-corrected chi connectivity index (χ0v) is 13.7. The van der Waals surface area contributed by atoms with Gasteiger partial charge in [-0.2, -0.15) is 11.8 Å². The van der Waals surface area contributed by atoms with Crippen molar-refractivity contribution in [2.75, 3.05) is 39.0 Å². The first-order chi connectivity index (χ1) is 9.09. The summed E-state index contributed by atoms with van der Waals surface area (Å²) in [6, 6.07) is 0. The molecule has 1 aliphatic heterocycles. The van der Waals surface area contributed by atoms with Gasteiger partial charge in [0.05, 0.1) is 0 Å². The highest BCUT2D eigenvalue weighted by atomic mass is 32.2. The second kappa shape index (κ2) is 9.65. The summed E-state index contributed by atoms with van der Waals surface area (Å²) in [5, 5.41) is 0.673. The smallest absolute Gasteiger partial charge is 0.222 e. The lowest BCUT2D eigenvalue weighted by Gasteiger charge is -2.28. The lowest BCUT2D eigenvalue weighted by molar-refractivity contribution is -0.130. The molecule has 19 heavy (non-hydrogen) atoms. The van der Waals surface area contributed by atoms with E-state index in [0.717, 1.165) is 25.3 Å². The molecule has 0 N–H and O–H groups in total. The predicted molar refractivity (Wildman–Crippen MR) is 84.8 cm³/mol. The summed E-state index contributed by atoms with van der Waals surface area (Å²) in [7, 11) is 1.95. The molecule has 112 valence electrons. The Hall–Kier alpha value is -0.220. The summed E-state index contributed by atoms with van der Waals surface area (Å²) in [5.41, 5.74) is 0. The van der Waals surface area contributed by atoms with Crippen molar-refractivity contribution < 1.29 is 4.79 Å². The maximum Gasteiger partial charge on any atom is 0.222 e. The van der Waals surface area contributed by atoms with Crippen molar-refractivity contribution in [1.82, 2.24) is 9.80 Å². The summed E-state index contributed by atoms with van der Waals surface area (Å²) >= 11 is 1.94. The highest BCUT2D eigenvalue weighted by molar-refractivity contribution is 7.99. The van der Waals surface area contributed by atoms with Crippen molar-refractivity contribution in [3.63, 3.8) is 0 Å². The summed E-state index contributed by atoms with van der Waals surface area (Å²) < 4.78 is 0. The van der Waals surface area contributed by atoms with Crippen LogP contribution in [0.2, 0.25) is 0 Å². The van der Waals surface area contributed by atoms with Gasteiger partial charge in [0.15, 0.2) is 0 Å². The van der Waals surface area contributed by atoms with Crippen molar-refractivity contribution in [2.24, 2.45) is 0 Å². The first-order valence-electron chi connectivity index (χ1n) is 7.67. The Morgan fingerprint density at radius 2 is 1.95 bits per heavy atom. The normalized spacial score (nSPS) is 16.8. The third-order valence-electron chi connectivity index (χ3n) is 3.61. The number of thioether (sulfide) groups is 1. The number of carbonyl (C=O) groups is 1. The SMILES string of the molecule is CC(C)SCCCC(=O)N(C)CCN1CCCCC1. The molecule has 1 amide bonds. The molecule has 1 rings (SSSR count). The lowest BCUT2D eigenvalue weighted by atomic mass is 10.1. The molecule has 0 bridgehead atoms. The number of nitrogens with zero attached hydrogens (tertiary/aromatic N) is 2. The Morgan fingerprint density at radius 3 is 2.58 bits per heavy atom. The maximum absolute atomic E-state index is 12.0. The number of likely N-dealkylation sites (N-methyl/N-ethyl adjacent to an activating group) is 1. The largest absolute Gasteiger partial charge is 0.344 e. The molecule has 1 fully saturated rings. The number of amides is 1. The van der Waals surface area contributed by atoms with Crippen LogP contribution in [0.4, 0.5) is 0 Å². The Bertz CT molecular complexity index is 253. The van der Waals surface area contributed by atoms with Crippen molar-refractivity contribution in [2.45, 2.75) is 51.2 Å². The van der Waals surface area contributed by atoms with E-state index in [1.54, 1.807) is 0 Å². The number of piperidine rings is 1.